The topological polar surface area (TPSA) is 57.5 Å². The maximum absolute atomic E-state index is 10.5. The van der Waals surface area contributed by atoms with Crippen molar-refractivity contribution in [2.45, 2.75) is 0 Å². The molecule has 0 bridgehead atoms. The van der Waals surface area contributed by atoms with Crippen LogP contribution in [0.5, 0.6) is 0 Å². The lowest BCUT2D eigenvalue weighted by Gasteiger charge is -2.08. The third-order valence-corrected chi connectivity index (χ3v) is 1.43. The Kier molecular flexibility index (Phi) is 4.72. The van der Waals surface area contributed by atoms with Gasteiger partial charge in [0, 0.05) is 0 Å². The molecule has 0 aliphatic heterocycles. The van der Waals surface area contributed by atoms with Crippen LogP contribution < -0.4 is 0 Å². The molecule has 0 aromatic heterocycles. The summed E-state index contributed by atoms with van der Waals surface area (Å²) >= 11 is 0. The highest BCUT2D eigenvalue weighted by Gasteiger charge is 2.18. The van der Waals surface area contributed by atoms with Crippen LogP contribution in [-0.2, 0) is 4.79 Å². The largest absolute Gasteiger partial charge is 0.481 e. The van der Waals surface area contributed by atoms with Crippen LogP contribution in [-0.4, -0.2) is 22.8 Å². The summed E-state index contributed by atoms with van der Waals surface area (Å²) in [6, 6.07) is 0. The number of hydrogen-bond acceptors (Lipinski definition) is 2. The molecule has 0 aromatic carbocycles. The summed E-state index contributed by atoms with van der Waals surface area (Å²) in [6.45, 7) is 6.44. The average Bonchev–Trinajstić information content (AvgIpc) is 2.03. The fourth-order valence-electron chi connectivity index (χ4n) is 0.789. The van der Waals surface area contributed by atoms with Gasteiger partial charge >= 0.3 is 5.97 Å². The molecule has 12 heavy (non-hydrogen) atoms. The Morgan fingerprint density at radius 1 is 1.50 bits per heavy atom. The molecule has 2 N–H and O–H groups in total. The molecule has 3 heteroatoms. The lowest BCUT2D eigenvalue weighted by Crippen LogP contribution is -2.19. The number of carboxylic acid groups (broad SMARTS) is 1. The number of rotatable bonds is 5. The molecular weight excluding hydrogens is 156 g/mol. The Morgan fingerprint density at radius 2 is 2.08 bits per heavy atom. The van der Waals surface area contributed by atoms with Gasteiger partial charge in [0.25, 0.3) is 0 Å². The van der Waals surface area contributed by atoms with E-state index in [0.29, 0.717) is 5.57 Å². The molecule has 1 atom stereocenters. The first-order chi connectivity index (χ1) is 5.67. The maximum Gasteiger partial charge on any atom is 0.313 e. The van der Waals surface area contributed by atoms with Gasteiger partial charge in [0.2, 0.25) is 0 Å². The molecule has 0 unspecified atom stereocenters. The second-order valence-electron chi connectivity index (χ2n) is 2.18. The predicted molar refractivity (Wildman–Crippen MR) is 46.7 cm³/mol. The van der Waals surface area contributed by atoms with E-state index >= 15 is 0 Å². The van der Waals surface area contributed by atoms with Crippen molar-refractivity contribution in [1.29, 1.82) is 0 Å². The second-order valence-corrected chi connectivity index (χ2v) is 2.18. The number of aliphatic hydroxyl groups is 1. The zero-order chi connectivity index (χ0) is 9.56. The Bertz CT molecular complexity index is 216. The molecule has 0 aromatic rings. The van der Waals surface area contributed by atoms with Gasteiger partial charge < -0.3 is 10.2 Å². The van der Waals surface area contributed by atoms with Gasteiger partial charge in [0.05, 0.1) is 6.61 Å². The van der Waals surface area contributed by atoms with Gasteiger partial charge in [0.1, 0.15) is 5.92 Å². The van der Waals surface area contributed by atoms with Gasteiger partial charge in [-0.15, -0.1) is 0 Å². The van der Waals surface area contributed by atoms with E-state index in [4.69, 9.17) is 10.2 Å². The van der Waals surface area contributed by atoms with E-state index in [1.807, 2.05) is 0 Å². The number of carboxylic acids is 1. The van der Waals surface area contributed by atoms with Crippen LogP contribution >= 0.6 is 0 Å². The van der Waals surface area contributed by atoms with Crippen LogP contribution in [0.3, 0.4) is 0 Å². The summed E-state index contributed by atoms with van der Waals surface area (Å²) < 4.78 is 0. The zero-order valence-corrected chi connectivity index (χ0v) is 6.73. The highest BCUT2D eigenvalue weighted by atomic mass is 16.4. The molecule has 0 radical (unpaired) electrons. The minimum absolute atomic E-state index is 0.430. The number of aliphatic carboxylic acids is 1. The summed E-state index contributed by atoms with van der Waals surface area (Å²) in [5.41, 5.74) is 0.458. The van der Waals surface area contributed by atoms with Crippen LogP contribution in [0, 0.1) is 5.92 Å². The van der Waals surface area contributed by atoms with Gasteiger partial charge in [-0.2, -0.15) is 0 Å². The van der Waals surface area contributed by atoms with Crippen molar-refractivity contribution in [3.8, 4) is 0 Å². The van der Waals surface area contributed by atoms with Crippen molar-refractivity contribution < 1.29 is 15.0 Å². The van der Waals surface area contributed by atoms with E-state index in [2.05, 4.69) is 13.2 Å². The minimum atomic E-state index is -1.06. The smallest absolute Gasteiger partial charge is 0.313 e. The first-order valence-corrected chi connectivity index (χ1v) is 3.46. The van der Waals surface area contributed by atoms with Gasteiger partial charge in [-0.1, -0.05) is 31.4 Å². The molecule has 0 amide bonds. The van der Waals surface area contributed by atoms with Crippen LogP contribution in [0.15, 0.2) is 37.0 Å². The molecule has 0 heterocycles. The van der Waals surface area contributed by atoms with E-state index in [1.165, 1.54) is 18.2 Å². The molecule has 0 fully saturated rings. The van der Waals surface area contributed by atoms with Crippen LogP contribution in [0.2, 0.25) is 0 Å². The first kappa shape index (κ1) is 10.7. The van der Waals surface area contributed by atoms with E-state index < -0.39 is 18.5 Å². The highest BCUT2D eigenvalue weighted by molar-refractivity contribution is 5.74. The molecule has 0 aliphatic carbocycles. The van der Waals surface area contributed by atoms with E-state index in [1.54, 1.807) is 0 Å². The Morgan fingerprint density at radius 3 is 2.33 bits per heavy atom. The number of hydrogen-bond donors (Lipinski definition) is 2. The molecule has 0 saturated heterocycles. The summed E-state index contributed by atoms with van der Waals surface area (Å²) in [7, 11) is 0. The van der Waals surface area contributed by atoms with Gasteiger partial charge in [-0.05, 0) is 5.57 Å². The average molecular weight is 168 g/mol. The van der Waals surface area contributed by atoms with Gasteiger partial charge in [-0.3, -0.25) is 4.79 Å². The fraction of sp³-hybridized carbons (Fsp3) is 0.222. The van der Waals surface area contributed by atoms with E-state index in [0.717, 1.165) is 0 Å². The number of aliphatic hydroxyl groups excluding tert-OH is 1. The lowest BCUT2D eigenvalue weighted by atomic mass is 10.00. The summed E-state index contributed by atoms with van der Waals surface area (Å²) in [5.74, 6) is -1.97. The first-order valence-electron chi connectivity index (χ1n) is 3.46. The highest BCUT2D eigenvalue weighted by Crippen LogP contribution is 2.11. The Labute approximate surface area is 71.3 Å². The summed E-state index contributed by atoms with van der Waals surface area (Å²) in [4.78, 5) is 10.5. The van der Waals surface area contributed by atoms with Crippen LogP contribution in [0.1, 0.15) is 0 Å². The van der Waals surface area contributed by atoms with Crippen molar-refractivity contribution in [1.82, 2.24) is 0 Å². The van der Waals surface area contributed by atoms with Gasteiger partial charge in [0.15, 0.2) is 0 Å². The molecule has 0 rings (SSSR count). The third kappa shape index (κ3) is 2.72. The normalized spacial score (nSPS) is 13.6. The minimum Gasteiger partial charge on any atom is -0.481 e. The monoisotopic (exact) mass is 168 g/mol. The predicted octanol–water partition coefficient (Wildman–Crippen LogP) is 0.978. The third-order valence-electron chi connectivity index (χ3n) is 1.43. The zero-order valence-electron chi connectivity index (χ0n) is 6.73. The van der Waals surface area contributed by atoms with E-state index in [-0.39, 0.29) is 0 Å². The maximum atomic E-state index is 10.5. The molecule has 0 saturated carbocycles. The van der Waals surface area contributed by atoms with Crippen molar-refractivity contribution in [3.63, 3.8) is 0 Å². The van der Waals surface area contributed by atoms with Gasteiger partial charge in [-0.25, -0.2) is 0 Å². The van der Waals surface area contributed by atoms with Crippen LogP contribution in [0.25, 0.3) is 0 Å². The molecule has 3 nitrogen and oxygen atoms in total. The second kappa shape index (κ2) is 5.32. The standard InChI is InChI=1S/C9H12O3/c1-3-5-7(4-2)8(6-10)9(11)12/h3-5,8,10H,1-2,6H2,(H,11,12)/b7-5+/t8-/m1/s1. The Hall–Kier alpha value is -1.35. The van der Waals surface area contributed by atoms with Crippen molar-refractivity contribution in [2.75, 3.05) is 6.61 Å². The molecule has 66 valence electrons. The summed E-state index contributed by atoms with van der Waals surface area (Å²) in [5, 5.41) is 17.3. The molecular formula is C9H12O3. The molecule has 0 aliphatic rings. The fourth-order valence-corrected chi connectivity index (χ4v) is 0.789. The van der Waals surface area contributed by atoms with Crippen LogP contribution in [0.4, 0.5) is 0 Å². The summed E-state index contributed by atoms with van der Waals surface area (Å²) in [6.07, 6.45) is 4.38. The van der Waals surface area contributed by atoms with Crippen molar-refractivity contribution in [3.05, 3.63) is 37.0 Å². The van der Waals surface area contributed by atoms with Crippen molar-refractivity contribution in [2.24, 2.45) is 5.92 Å². The van der Waals surface area contributed by atoms with Crippen molar-refractivity contribution >= 4 is 5.97 Å². The lowest BCUT2D eigenvalue weighted by molar-refractivity contribution is -0.141. The molecule has 0 spiro atoms. The van der Waals surface area contributed by atoms with E-state index in [9.17, 15) is 4.79 Å². The Balaban J connectivity index is 4.66. The SMILES string of the molecule is C=C/C=C(\C=C)[C@@H](CO)C(=O)O. The number of allylic oxidation sites excluding steroid dienone is 3. The number of carbonyl (C=O) groups is 1. The quantitative estimate of drug-likeness (QED) is 0.601.